The summed E-state index contributed by atoms with van der Waals surface area (Å²) in [5.74, 6) is -1.17. The van der Waals surface area contributed by atoms with Gasteiger partial charge in [0, 0.05) is 19.1 Å². The topological polar surface area (TPSA) is 69.7 Å². The maximum absolute atomic E-state index is 12.8. The molecule has 0 spiro atoms. The van der Waals surface area contributed by atoms with Gasteiger partial charge in [-0.05, 0) is 56.5 Å². The summed E-state index contributed by atoms with van der Waals surface area (Å²) in [4.78, 5) is 41.7. The molecule has 2 aromatic carbocycles. The van der Waals surface area contributed by atoms with E-state index in [0.717, 1.165) is 23.6 Å². The maximum Gasteiger partial charge on any atom is 0.262 e. The zero-order valence-electron chi connectivity index (χ0n) is 18.1. The Balaban J connectivity index is 1.41. The van der Waals surface area contributed by atoms with Gasteiger partial charge in [0.2, 0.25) is 5.91 Å². The van der Waals surface area contributed by atoms with Crippen LogP contribution in [-0.4, -0.2) is 46.1 Å². The molecule has 162 valence electrons. The summed E-state index contributed by atoms with van der Waals surface area (Å²) in [5, 5.41) is 2.93. The molecule has 2 unspecified atom stereocenters. The molecule has 31 heavy (non-hydrogen) atoms. The van der Waals surface area contributed by atoms with E-state index in [2.05, 4.69) is 23.2 Å². The van der Waals surface area contributed by atoms with Crippen LogP contribution in [0.4, 0.5) is 0 Å². The molecule has 2 aliphatic heterocycles. The van der Waals surface area contributed by atoms with E-state index in [0.29, 0.717) is 23.7 Å². The van der Waals surface area contributed by atoms with Crippen LogP contribution < -0.4 is 5.32 Å². The SMILES string of the molecule is CC1CCCCN1Cc1ccccc1CNC(=O)C(C)N1C(=O)c2ccccc2C1=O. The van der Waals surface area contributed by atoms with Crippen LogP contribution in [0.3, 0.4) is 0 Å². The molecule has 6 heteroatoms. The van der Waals surface area contributed by atoms with Crippen molar-refractivity contribution in [2.75, 3.05) is 6.54 Å². The molecule has 2 aromatic rings. The molecule has 2 heterocycles. The average Bonchev–Trinajstić information content (AvgIpc) is 3.04. The van der Waals surface area contributed by atoms with Crippen molar-refractivity contribution in [2.24, 2.45) is 0 Å². The molecule has 1 N–H and O–H groups in total. The molecular weight excluding hydrogens is 390 g/mol. The van der Waals surface area contributed by atoms with Gasteiger partial charge in [0.1, 0.15) is 6.04 Å². The van der Waals surface area contributed by atoms with E-state index in [1.165, 1.54) is 24.8 Å². The Hall–Kier alpha value is -2.99. The summed E-state index contributed by atoms with van der Waals surface area (Å²) >= 11 is 0. The Morgan fingerprint density at radius 1 is 1.00 bits per heavy atom. The third-order valence-electron chi connectivity index (χ3n) is 6.48. The monoisotopic (exact) mass is 419 g/mol. The molecule has 0 bridgehead atoms. The van der Waals surface area contributed by atoms with Crippen LogP contribution in [0.5, 0.6) is 0 Å². The molecule has 2 atom stereocenters. The van der Waals surface area contributed by atoms with Crippen LogP contribution in [-0.2, 0) is 17.9 Å². The number of nitrogens with one attached hydrogen (secondary N) is 1. The number of carbonyl (C=O) groups is 3. The van der Waals surface area contributed by atoms with Crippen molar-refractivity contribution >= 4 is 17.7 Å². The molecule has 0 radical (unpaired) electrons. The minimum absolute atomic E-state index is 0.337. The van der Waals surface area contributed by atoms with E-state index in [1.54, 1.807) is 31.2 Å². The van der Waals surface area contributed by atoms with Gasteiger partial charge in [-0.15, -0.1) is 0 Å². The summed E-state index contributed by atoms with van der Waals surface area (Å²) in [6, 6.07) is 14.5. The largest absolute Gasteiger partial charge is 0.350 e. The van der Waals surface area contributed by atoms with Crippen molar-refractivity contribution in [1.29, 1.82) is 0 Å². The van der Waals surface area contributed by atoms with E-state index in [-0.39, 0.29) is 5.91 Å². The summed E-state index contributed by atoms with van der Waals surface area (Å²) in [5.41, 5.74) is 2.97. The van der Waals surface area contributed by atoms with Crippen molar-refractivity contribution in [2.45, 2.75) is 58.3 Å². The Morgan fingerprint density at radius 2 is 1.61 bits per heavy atom. The van der Waals surface area contributed by atoms with Crippen LogP contribution in [0, 0.1) is 0 Å². The van der Waals surface area contributed by atoms with Crippen LogP contribution in [0.25, 0.3) is 0 Å². The first-order chi connectivity index (χ1) is 15.0. The minimum atomic E-state index is -0.873. The fraction of sp³-hybridized carbons (Fsp3) is 0.400. The van der Waals surface area contributed by atoms with Crippen LogP contribution in [0.2, 0.25) is 0 Å². The second kappa shape index (κ2) is 9.02. The van der Waals surface area contributed by atoms with Crippen molar-refractivity contribution in [3.8, 4) is 0 Å². The normalized spacial score (nSPS) is 19.9. The first-order valence-electron chi connectivity index (χ1n) is 11.0. The molecule has 0 aliphatic carbocycles. The smallest absolute Gasteiger partial charge is 0.262 e. The zero-order valence-corrected chi connectivity index (χ0v) is 18.1. The number of hydrogen-bond donors (Lipinski definition) is 1. The lowest BCUT2D eigenvalue weighted by atomic mass is 10.0. The summed E-state index contributed by atoms with van der Waals surface area (Å²) in [7, 11) is 0. The van der Waals surface area contributed by atoms with Gasteiger partial charge in [0.05, 0.1) is 11.1 Å². The fourth-order valence-corrected chi connectivity index (χ4v) is 4.50. The van der Waals surface area contributed by atoms with E-state index >= 15 is 0 Å². The van der Waals surface area contributed by atoms with Gasteiger partial charge in [-0.3, -0.25) is 24.2 Å². The molecule has 0 aromatic heterocycles. The van der Waals surface area contributed by atoms with Crippen molar-refractivity contribution in [3.63, 3.8) is 0 Å². The van der Waals surface area contributed by atoms with Crippen LogP contribution >= 0.6 is 0 Å². The highest BCUT2D eigenvalue weighted by Crippen LogP contribution is 2.25. The van der Waals surface area contributed by atoms with E-state index in [9.17, 15) is 14.4 Å². The molecule has 6 nitrogen and oxygen atoms in total. The first-order valence-corrected chi connectivity index (χ1v) is 11.0. The second-order valence-corrected chi connectivity index (χ2v) is 8.50. The van der Waals surface area contributed by atoms with Gasteiger partial charge in [-0.25, -0.2) is 0 Å². The zero-order chi connectivity index (χ0) is 22.0. The van der Waals surface area contributed by atoms with Crippen molar-refractivity contribution in [1.82, 2.24) is 15.1 Å². The van der Waals surface area contributed by atoms with E-state index in [4.69, 9.17) is 0 Å². The highest BCUT2D eigenvalue weighted by Gasteiger charge is 2.40. The summed E-state index contributed by atoms with van der Waals surface area (Å²) < 4.78 is 0. The van der Waals surface area contributed by atoms with E-state index in [1.807, 2.05) is 18.2 Å². The molecule has 0 saturated carbocycles. The highest BCUT2D eigenvalue weighted by molar-refractivity contribution is 6.22. The molecule has 3 amide bonds. The number of fused-ring (bicyclic) bond motifs is 1. The number of piperidine rings is 1. The number of carbonyl (C=O) groups excluding carboxylic acids is 3. The van der Waals surface area contributed by atoms with Gasteiger partial charge in [-0.2, -0.15) is 0 Å². The van der Waals surface area contributed by atoms with Crippen LogP contribution in [0.1, 0.15) is 65.0 Å². The van der Waals surface area contributed by atoms with E-state index < -0.39 is 17.9 Å². The quantitative estimate of drug-likeness (QED) is 0.729. The molecule has 4 rings (SSSR count). The predicted molar refractivity (Wildman–Crippen MR) is 118 cm³/mol. The predicted octanol–water partition coefficient (Wildman–Crippen LogP) is 3.36. The Labute approximate surface area is 183 Å². The van der Waals surface area contributed by atoms with Gasteiger partial charge >= 0.3 is 0 Å². The highest BCUT2D eigenvalue weighted by atomic mass is 16.2. The Morgan fingerprint density at radius 3 is 2.26 bits per heavy atom. The Kier molecular flexibility index (Phi) is 6.18. The number of imide groups is 1. The third kappa shape index (κ3) is 4.26. The molecule has 2 aliphatic rings. The van der Waals surface area contributed by atoms with Crippen LogP contribution in [0.15, 0.2) is 48.5 Å². The van der Waals surface area contributed by atoms with Gasteiger partial charge in [-0.1, -0.05) is 42.8 Å². The number of benzene rings is 2. The van der Waals surface area contributed by atoms with Gasteiger partial charge < -0.3 is 5.32 Å². The third-order valence-corrected chi connectivity index (χ3v) is 6.48. The maximum atomic E-state index is 12.8. The number of hydrogen-bond acceptors (Lipinski definition) is 4. The second-order valence-electron chi connectivity index (χ2n) is 8.50. The number of amides is 3. The summed E-state index contributed by atoms with van der Waals surface area (Å²) in [6.45, 7) is 6.19. The standard InChI is InChI=1S/C25H29N3O3/c1-17-9-7-8-14-27(17)16-20-11-4-3-10-19(20)15-26-23(29)18(2)28-24(30)21-12-5-6-13-22(21)25(28)31/h3-6,10-13,17-18H,7-9,14-16H2,1-2H3,(H,26,29). The minimum Gasteiger partial charge on any atom is -0.350 e. The lowest BCUT2D eigenvalue weighted by Crippen LogP contribution is -2.47. The number of nitrogens with zero attached hydrogens (tertiary/aromatic N) is 2. The lowest BCUT2D eigenvalue weighted by molar-refractivity contribution is -0.124. The average molecular weight is 420 g/mol. The lowest BCUT2D eigenvalue weighted by Gasteiger charge is -2.33. The van der Waals surface area contributed by atoms with Gasteiger partial charge in [0.25, 0.3) is 11.8 Å². The number of likely N-dealkylation sites (tertiary alicyclic amines) is 1. The fourth-order valence-electron chi connectivity index (χ4n) is 4.50. The van der Waals surface area contributed by atoms with Crippen molar-refractivity contribution in [3.05, 3.63) is 70.8 Å². The molecule has 1 saturated heterocycles. The molecule has 1 fully saturated rings. The Bertz CT molecular complexity index is 968. The molecular formula is C25H29N3O3. The van der Waals surface area contributed by atoms with Gasteiger partial charge in [0.15, 0.2) is 0 Å². The summed E-state index contributed by atoms with van der Waals surface area (Å²) in [6.07, 6.45) is 3.73. The number of rotatable bonds is 6. The van der Waals surface area contributed by atoms with Crippen molar-refractivity contribution < 1.29 is 14.4 Å². The first kappa shape index (κ1) is 21.2.